The van der Waals surface area contributed by atoms with Crippen LogP contribution in [-0.4, -0.2) is 316 Å². The monoisotopic (exact) mass is 1060 g/mol. The molecule has 32 nitrogen and oxygen atoms in total. The van der Waals surface area contributed by atoms with E-state index in [1.165, 1.54) is 6.92 Å². The summed E-state index contributed by atoms with van der Waals surface area (Å²) in [7, 11) is 0. The smallest absolute Gasteiger partial charge is 0.217 e. The van der Waals surface area contributed by atoms with Gasteiger partial charge in [0, 0.05) is 13.8 Å². The van der Waals surface area contributed by atoms with Gasteiger partial charge >= 0.3 is 0 Å². The number of nitrogens with one attached hydrogen (secondary N) is 2. The lowest BCUT2D eigenvalue weighted by molar-refractivity contribution is -0.393. The molecular weight excluding hydrogens is 988 g/mol. The Morgan fingerprint density at radius 1 is 0.389 bits per heavy atom. The summed E-state index contributed by atoms with van der Waals surface area (Å²) in [4.78, 5) is 24.8. The van der Waals surface area contributed by atoms with Crippen molar-refractivity contribution in [1.82, 2.24) is 10.6 Å². The summed E-state index contributed by atoms with van der Waals surface area (Å²) in [6, 6.07) is -3.43. The highest BCUT2D eigenvalue weighted by Gasteiger charge is 2.57. The van der Waals surface area contributed by atoms with Gasteiger partial charge in [-0.25, -0.2) is 0 Å². The van der Waals surface area contributed by atoms with Crippen LogP contribution in [0.25, 0.3) is 0 Å². The van der Waals surface area contributed by atoms with Crippen LogP contribution in [0, 0.1) is 0 Å². The first-order valence-corrected chi connectivity index (χ1v) is 23.0. The zero-order valence-electron chi connectivity index (χ0n) is 38.8. The molecule has 0 saturated carbocycles. The molecule has 32 heteroatoms. The van der Waals surface area contributed by atoms with E-state index in [4.69, 9.17) is 52.1 Å². The van der Waals surface area contributed by atoms with Crippen molar-refractivity contribution in [3.63, 3.8) is 0 Å². The highest BCUT2D eigenvalue weighted by atomic mass is 16.8. The van der Waals surface area contributed by atoms with Gasteiger partial charge in [-0.3, -0.25) is 9.59 Å². The number of hydrogen-bond donors (Lipinski definition) is 19. The van der Waals surface area contributed by atoms with Crippen LogP contribution < -0.4 is 10.6 Å². The van der Waals surface area contributed by atoms with E-state index in [2.05, 4.69) is 10.6 Å². The third-order valence-corrected chi connectivity index (χ3v) is 13.2. The third-order valence-electron chi connectivity index (χ3n) is 13.2. The van der Waals surface area contributed by atoms with Gasteiger partial charge in [-0.05, 0) is 6.92 Å². The number of aliphatic hydroxyl groups excluding tert-OH is 17. The van der Waals surface area contributed by atoms with Crippen LogP contribution in [0.5, 0.6) is 0 Å². The largest absolute Gasteiger partial charge is 0.394 e. The van der Waals surface area contributed by atoms with Crippen LogP contribution in [0.4, 0.5) is 0 Å². The van der Waals surface area contributed by atoms with E-state index < -0.39 is 229 Å². The summed E-state index contributed by atoms with van der Waals surface area (Å²) in [5.41, 5.74) is 0. The molecule has 0 aromatic carbocycles. The van der Waals surface area contributed by atoms with Gasteiger partial charge in [0.1, 0.15) is 140 Å². The number of rotatable bonds is 17. The van der Waals surface area contributed by atoms with Gasteiger partial charge < -0.3 is 150 Å². The summed E-state index contributed by atoms with van der Waals surface area (Å²) in [6.45, 7) is -1.06. The molecule has 6 aliphatic rings. The number of carbonyl (C=O) groups excluding carboxylic acids is 2. The Morgan fingerprint density at radius 2 is 0.792 bits per heavy atom. The lowest BCUT2D eigenvalue weighted by Crippen LogP contribution is -2.70. The standard InChI is InChI=1S/C40H68N2O30/c1-9-19(48)25(54)28(57)37(64-9)62-7-15-22(51)27(56)30(59)39(69-15)70-32-14(6-45)68-40(31(60)34(32)72-36-17(41-10(2)46)24(53)20(49)12(4-43)66-36)71-33-18(42-11(3)47)35(61)65-16(23(33)52)8-63-38-29(58)26(55)21(50)13(5-44)67-38/h9,12-40,43-45,48-61H,4-8H2,1-3H3,(H,41,46)(H,42,47)/t9-,12+,13+,14+,15+,16+,17+,18+,19-,20+,21+,22+,23+,24+,25+,26-,27-,28+,29+,30+,31+,32-,33+,34+,35+,36-,37+,38-,39+,40-/m0/s1. The molecule has 0 radical (unpaired) electrons. The highest BCUT2D eigenvalue weighted by Crippen LogP contribution is 2.36. The van der Waals surface area contributed by atoms with E-state index in [0.29, 0.717) is 0 Å². The Hall–Kier alpha value is -2.18. The van der Waals surface area contributed by atoms with Crippen LogP contribution in [0.15, 0.2) is 0 Å². The van der Waals surface area contributed by atoms with Crippen LogP contribution in [0.2, 0.25) is 0 Å². The lowest BCUT2D eigenvalue weighted by Gasteiger charge is -2.51. The first kappa shape index (κ1) is 59.1. The minimum Gasteiger partial charge on any atom is -0.394 e. The predicted octanol–water partition coefficient (Wildman–Crippen LogP) is -12.8. The van der Waals surface area contributed by atoms with Crippen LogP contribution in [-0.2, 0) is 61.7 Å². The van der Waals surface area contributed by atoms with E-state index in [1.807, 2.05) is 0 Å². The van der Waals surface area contributed by atoms with Gasteiger partial charge in [-0.1, -0.05) is 0 Å². The van der Waals surface area contributed by atoms with E-state index >= 15 is 0 Å². The average molecular weight is 1060 g/mol. The van der Waals surface area contributed by atoms with Crippen LogP contribution in [0.1, 0.15) is 20.8 Å². The second-order valence-corrected chi connectivity index (χ2v) is 18.3. The summed E-state index contributed by atoms with van der Waals surface area (Å²) < 4.78 is 62.9. The molecule has 6 fully saturated rings. The van der Waals surface area contributed by atoms with E-state index in [0.717, 1.165) is 13.8 Å². The molecule has 19 N–H and O–H groups in total. The number of ether oxygens (including phenoxy) is 11. The maximum atomic E-state index is 12.4. The van der Waals surface area contributed by atoms with Crippen molar-refractivity contribution in [2.24, 2.45) is 0 Å². The Labute approximate surface area is 408 Å². The van der Waals surface area contributed by atoms with E-state index in [-0.39, 0.29) is 0 Å². The molecular formula is C40H68N2O30. The first-order chi connectivity index (χ1) is 33.9. The molecule has 0 aliphatic carbocycles. The number of amides is 2. The molecule has 0 aromatic heterocycles. The Bertz CT molecular complexity index is 1730. The van der Waals surface area contributed by atoms with Gasteiger partial charge in [-0.2, -0.15) is 0 Å². The Balaban J connectivity index is 1.29. The van der Waals surface area contributed by atoms with E-state index in [9.17, 15) is 96.4 Å². The SMILES string of the molecule is CC(=O)N[C@@H]1[C@@H](O[C@@H]2O[C@H](CO)[C@H](O[C@H]3O[C@H](CO[C@@H]4O[C@@H](C)[C@H](O)[C@@H](O)[C@H]4O)[C@@H](O)[C@H](O)[C@H]3O)[C@H](O[C@@H]3O[C@H](CO)[C@@H](O)[C@H](O)[C@H]3NC(C)=O)[C@H]2O)[C@H](O)[C@@H](CO[C@H]2O[C@H](CO)[C@@H](O)[C@H](O)[C@H]2O)O[C@H]1O. The predicted molar refractivity (Wildman–Crippen MR) is 221 cm³/mol. The van der Waals surface area contributed by atoms with Crippen molar-refractivity contribution in [2.75, 3.05) is 33.0 Å². The highest BCUT2D eigenvalue weighted by molar-refractivity contribution is 5.73. The maximum absolute atomic E-state index is 12.4. The molecule has 6 saturated heterocycles. The molecule has 6 rings (SSSR count). The summed E-state index contributed by atoms with van der Waals surface area (Å²) in [6.07, 6.45) is -51.9. The summed E-state index contributed by atoms with van der Waals surface area (Å²) in [5.74, 6) is -1.63. The normalized spacial score (nSPS) is 50.3. The molecule has 6 heterocycles. The second-order valence-electron chi connectivity index (χ2n) is 18.3. The second kappa shape index (κ2) is 25.3. The minimum absolute atomic E-state index is 0.758. The molecule has 0 aromatic rings. The minimum atomic E-state index is -2.31. The fourth-order valence-electron chi connectivity index (χ4n) is 9.05. The average Bonchev–Trinajstić information content (AvgIpc) is 3.34. The molecule has 2 amide bonds. The van der Waals surface area contributed by atoms with Gasteiger partial charge in [0.25, 0.3) is 0 Å². The van der Waals surface area contributed by atoms with Gasteiger partial charge in [0.2, 0.25) is 11.8 Å². The number of hydrogen-bond acceptors (Lipinski definition) is 30. The van der Waals surface area contributed by atoms with Gasteiger partial charge in [-0.15, -0.1) is 0 Å². The third kappa shape index (κ3) is 12.8. The Morgan fingerprint density at radius 3 is 1.35 bits per heavy atom. The van der Waals surface area contributed by atoms with Crippen molar-refractivity contribution in [3.05, 3.63) is 0 Å². The van der Waals surface area contributed by atoms with Gasteiger partial charge in [0.05, 0.1) is 39.1 Å². The number of carbonyl (C=O) groups is 2. The van der Waals surface area contributed by atoms with Crippen molar-refractivity contribution in [1.29, 1.82) is 0 Å². The molecule has 30 atom stereocenters. The zero-order chi connectivity index (χ0) is 53.2. The van der Waals surface area contributed by atoms with Crippen LogP contribution in [0.3, 0.4) is 0 Å². The molecule has 72 heavy (non-hydrogen) atoms. The van der Waals surface area contributed by atoms with Crippen LogP contribution >= 0.6 is 0 Å². The molecule has 6 aliphatic heterocycles. The van der Waals surface area contributed by atoms with E-state index in [1.54, 1.807) is 0 Å². The molecule has 0 spiro atoms. The number of aliphatic hydroxyl groups is 17. The fourth-order valence-corrected chi connectivity index (χ4v) is 9.05. The maximum Gasteiger partial charge on any atom is 0.217 e. The molecule has 418 valence electrons. The molecule has 0 bridgehead atoms. The van der Waals surface area contributed by atoms with Crippen molar-refractivity contribution in [3.8, 4) is 0 Å². The van der Waals surface area contributed by atoms with Crippen molar-refractivity contribution in [2.45, 2.75) is 205 Å². The van der Waals surface area contributed by atoms with Crippen molar-refractivity contribution >= 4 is 11.8 Å². The quantitative estimate of drug-likeness (QED) is 0.0643. The topological polar surface area (TPSA) is 504 Å². The Kier molecular flexibility index (Phi) is 20.8. The summed E-state index contributed by atoms with van der Waals surface area (Å²) in [5, 5.41) is 187. The summed E-state index contributed by atoms with van der Waals surface area (Å²) >= 11 is 0. The van der Waals surface area contributed by atoms with Crippen molar-refractivity contribution < 1.29 is 149 Å². The lowest BCUT2D eigenvalue weighted by atomic mass is 9.94. The first-order valence-electron chi connectivity index (χ1n) is 23.0. The van der Waals surface area contributed by atoms with Gasteiger partial charge in [0.15, 0.2) is 37.7 Å². The fraction of sp³-hybridized carbons (Fsp3) is 0.950. The molecule has 0 unspecified atom stereocenters. The zero-order valence-corrected chi connectivity index (χ0v) is 38.8.